The molecular formula is C17H19N5O2S. The molecule has 1 saturated carbocycles. The van der Waals surface area contributed by atoms with E-state index >= 15 is 0 Å². The molecule has 3 aromatic rings. The summed E-state index contributed by atoms with van der Waals surface area (Å²) in [5.41, 5.74) is 7.44. The average molecular weight is 357 g/mol. The van der Waals surface area contributed by atoms with Gasteiger partial charge in [0.15, 0.2) is 0 Å². The molecule has 0 bridgehead atoms. The molecule has 8 heteroatoms. The minimum atomic E-state index is -0.531. The third-order valence-electron chi connectivity index (χ3n) is 4.54. The van der Waals surface area contributed by atoms with Crippen LogP contribution in [0.15, 0.2) is 30.5 Å². The second-order valence-corrected chi connectivity index (χ2v) is 7.35. The van der Waals surface area contributed by atoms with E-state index in [0.29, 0.717) is 18.7 Å². The van der Waals surface area contributed by atoms with Crippen LogP contribution in [0.5, 0.6) is 0 Å². The highest BCUT2D eigenvalue weighted by Gasteiger charge is 2.33. The lowest BCUT2D eigenvalue weighted by atomic mass is 10.1. The quantitative estimate of drug-likeness (QED) is 0.563. The third kappa shape index (κ3) is 3.15. The van der Waals surface area contributed by atoms with Crippen molar-refractivity contribution in [1.29, 1.82) is 0 Å². The summed E-state index contributed by atoms with van der Waals surface area (Å²) in [5, 5.41) is 23.7. The molecule has 0 spiro atoms. The van der Waals surface area contributed by atoms with E-state index in [4.69, 9.17) is 5.73 Å². The number of benzene rings is 1. The Morgan fingerprint density at radius 1 is 1.24 bits per heavy atom. The van der Waals surface area contributed by atoms with Gasteiger partial charge in [0.2, 0.25) is 5.95 Å². The normalized spacial score (nSPS) is 23.2. The lowest BCUT2D eigenvalue weighted by molar-refractivity contribution is 0.157. The van der Waals surface area contributed by atoms with Crippen LogP contribution in [0.2, 0.25) is 0 Å². The monoisotopic (exact) mass is 357 g/mol. The number of nitrogen functional groups attached to an aromatic ring is 1. The van der Waals surface area contributed by atoms with Crippen molar-refractivity contribution < 1.29 is 10.2 Å². The molecule has 0 saturated heterocycles. The van der Waals surface area contributed by atoms with Crippen LogP contribution in [0.3, 0.4) is 0 Å². The first-order valence-electron chi connectivity index (χ1n) is 8.18. The Morgan fingerprint density at radius 2 is 2.08 bits per heavy atom. The summed E-state index contributed by atoms with van der Waals surface area (Å²) < 4.78 is 1.08. The van der Waals surface area contributed by atoms with Gasteiger partial charge in [-0.3, -0.25) is 0 Å². The highest BCUT2D eigenvalue weighted by molar-refractivity contribution is 7.21. The van der Waals surface area contributed by atoms with Gasteiger partial charge in [-0.1, -0.05) is 12.1 Å². The number of aliphatic hydroxyl groups excluding tert-OH is 2. The highest BCUT2D eigenvalue weighted by Crippen LogP contribution is 2.35. The zero-order valence-corrected chi connectivity index (χ0v) is 14.3. The minimum Gasteiger partial charge on any atom is -0.396 e. The summed E-state index contributed by atoms with van der Waals surface area (Å²) in [6.07, 6.45) is 2.39. The molecule has 4 rings (SSSR count). The number of hydrogen-bond acceptors (Lipinski definition) is 8. The van der Waals surface area contributed by atoms with Crippen molar-refractivity contribution in [1.82, 2.24) is 15.0 Å². The molecule has 0 radical (unpaired) electrons. The number of hydrogen-bond donors (Lipinski definition) is 4. The van der Waals surface area contributed by atoms with E-state index in [-0.39, 0.29) is 24.5 Å². The summed E-state index contributed by atoms with van der Waals surface area (Å²) in [6, 6.07) is 7.74. The van der Waals surface area contributed by atoms with Gasteiger partial charge in [-0.15, -0.1) is 11.3 Å². The smallest absolute Gasteiger partial charge is 0.221 e. The van der Waals surface area contributed by atoms with Crippen molar-refractivity contribution in [3.05, 3.63) is 30.5 Å². The van der Waals surface area contributed by atoms with Crippen molar-refractivity contribution >= 4 is 33.3 Å². The molecular weight excluding hydrogens is 338 g/mol. The van der Waals surface area contributed by atoms with Crippen LogP contribution in [-0.4, -0.2) is 43.9 Å². The predicted molar refractivity (Wildman–Crippen MR) is 98.3 cm³/mol. The number of nitrogens with one attached hydrogen (secondary N) is 1. The van der Waals surface area contributed by atoms with Gasteiger partial charge in [-0.05, 0) is 30.9 Å². The molecule has 0 unspecified atom stereocenters. The van der Waals surface area contributed by atoms with Crippen LogP contribution in [0, 0.1) is 5.92 Å². The lowest BCUT2D eigenvalue weighted by Gasteiger charge is -2.18. The van der Waals surface area contributed by atoms with Crippen LogP contribution < -0.4 is 11.1 Å². The maximum atomic E-state index is 10.2. The van der Waals surface area contributed by atoms with Gasteiger partial charge in [-0.2, -0.15) is 4.98 Å². The predicted octanol–water partition coefficient (Wildman–Crippen LogP) is 1.88. The fraction of sp³-hybridized carbons (Fsp3) is 0.353. The molecule has 7 nitrogen and oxygen atoms in total. The Labute approximate surface area is 148 Å². The van der Waals surface area contributed by atoms with Crippen molar-refractivity contribution in [2.24, 2.45) is 5.92 Å². The van der Waals surface area contributed by atoms with Gasteiger partial charge in [0, 0.05) is 12.8 Å². The van der Waals surface area contributed by atoms with E-state index in [9.17, 15) is 10.2 Å². The molecule has 0 amide bonds. The van der Waals surface area contributed by atoms with Crippen LogP contribution in [0.25, 0.3) is 20.8 Å². The average Bonchev–Trinajstić information content (AvgIpc) is 3.18. The summed E-state index contributed by atoms with van der Waals surface area (Å²) in [4.78, 5) is 13.1. The van der Waals surface area contributed by atoms with E-state index in [2.05, 4.69) is 20.3 Å². The maximum Gasteiger partial charge on any atom is 0.221 e. The van der Waals surface area contributed by atoms with E-state index in [1.165, 1.54) is 0 Å². The van der Waals surface area contributed by atoms with E-state index in [0.717, 1.165) is 20.8 Å². The molecule has 130 valence electrons. The molecule has 1 fully saturated rings. The van der Waals surface area contributed by atoms with Crippen LogP contribution in [0.4, 0.5) is 11.8 Å². The SMILES string of the molecule is Nc1ncc(-c2nc3ccccc3s2)c(N[C@@H]2C[C@H](CO)C[C@H]2O)n1. The van der Waals surface area contributed by atoms with Gasteiger partial charge in [-0.25, -0.2) is 9.97 Å². The first-order chi connectivity index (χ1) is 12.1. The molecule has 1 aliphatic rings. The Kier molecular flexibility index (Phi) is 4.24. The molecule has 2 aromatic heterocycles. The summed E-state index contributed by atoms with van der Waals surface area (Å²) in [6.45, 7) is 0.0753. The largest absolute Gasteiger partial charge is 0.396 e. The molecule has 1 aliphatic carbocycles. The number of nitrogens with zero attached hydrogens (tertiary/aromatic N) is 3. The van der Waals surface area contributed by atoms with Crippen molar-refractivity contribution in [3.63, 3.8) is 0 Å². The molecule has 1 aromatic carbocycles. The summed E-state index contributed by atoms with van der Waals surface area (Å²) in [5.74, 6) is 0.824. The molecule has 2 heterocycles. The number of thiazole rings is 1. The van der Waals surface area contributed by atoms with Crippen LogP contribution in [-0.2, 0) is 0 Å². The number of aromatic nitrogens is 3. The molecule has 5 N–H and O–H groups in total. The zero-order valence-electron chi connectivity index (χ0n) is 13.5. The second-order valence-electron chi connectivity index (χ2n) is 6.32. The lowest BCUT2D eigenvalue weighted by Crippen LogP contribution is -2.28. The molecule has 25 heavy (non-hydrogen) atoms. The van der Waals surface area contributed by atoms with E-state index in [1.54, 1.807) is 17.5 Å². The number of fused-ring (bicyclic) bond motifs is 1. The Morgan fingerprint density at radius 3 is 2.84 bits per heavy atom. The fourth-order valence-corrected chi connectivity index (χ4v) is 4.22. The number of para-hydroxylation sites is 1. The zero-order chi connectivity index (χ0) is 17.4. The first kappa shape index (κ1) is 16.2. The van der Waals surface area contributed by atoms with Gasteiger partial charge in [0.25, 0.3) is 0 Å². The van der Waals surface area contributed by atoms with Crippen LogP contribution in [0.1, 0.15) is 12.8 Å². The maximum absolute atomic E-state index is 10.2. The topological polar surface area (TPSA) is 117 Å². The standard InChI is InChI=1S/C17H19N5O2S/c18-17-19-7-10(16-21-11-3-1-2-4-14(11)25-16)15(22-17)20-12-5-9(8-23)6-13(12)24/h1-4,7,9,12-13,23-24H,5-6,8H2,(H3,18,19,20,22)/t9-,12+,13+/m0/s1. The van der Waals surface area contributed by atoms with E-state index in [1.807, 2.05) is 24.3 Å². The van der Waals surface area contributed by atoms with E-state index < -0.39 is 6.10 Å². The van der Waals surface area contributed by atoms with Gasteiger partial charge in [0.1, 0.15) is 10.8 Å². The first-order valence-corrected chi connectivity index (χ1v) is 8.99. The Hall–Kier alpha value is -2.29. The number of rotatable bonds is 4. The van der Waals surface area contributed by atoms with Gasteiger partial charge < -0.3 is 21.3 Å². The summed E-state index contributed by atoms with van der Waals surface area (Å²) >= 11 is 1.56. The van der Waals surface area contributed by atoms with Crippen molar-refractivity contribution in [3.8, 4) is 10.6 Å². The molecule has 3 atom stereocenters. The second kappa shape index (κ2) is 6.55. The molecule has 0 aliphatic heterocycles. The number of aliphatic hydroxyl groups is 2. The minimum absolute atomic E-state index is 0.0753. The Bertz CT molecular complexity index is 867. The van der Waals surface area contributed by atoms with Crippen LogP contribution >= 0.6 is 11.3 Å². The number of anilines is 2. The number of nitrogens with two attached hydrogens (primary N) is 1. The van der Waals surface area contributed by atoms with Gasteiger partial charge >= 0.3 is 0 Å². The fourth-order valence-electron chi connectivity index (χ4n) is 3.25. The Balaban J connectivity index is 1.69. The third-order valence-corrected chi connectivity index (χ3v) is 5.61. The van der Waals surface area contributed by atoms with Crippen molar-refractivity contribution in [2.45, 2.75) is 25.0 Å². The summed E-state index contributed by atoms with van der Waals surface area (Å²) in [7, 11) is 0. The van der Waals surface area contributed by atoms with Gasteiger partial charge in [0.05, 0.1) is 27.9 Å². The van der Waals surface area contributed by atoms with Crippen molar-refractivity contribution in [2.75, 3.05) is 17.7 Å². The highest BCUT2D eigenvalue weighted by atomic mass is 32.1.